The predicted molar refractivity (Wildman–Crippen MR) is 106 cm³/mol. The van der Waals surface area contributed by atoms with Crippen LogP contribution < -0.4 is 10.5 Å². The molecule has 4 rings (SSSR count). The van der Waals surface area contributed by atoms with Crippen molar-refractivity contribution in [3.05, 3.63) is 86.6 Å². The fraction of sp³-hybridized carbons (Fsp3) is 0.200. The Labute approximate surface area is 178 Å². The lowest BCUT2D eigenvalue weighted by molar-refractivity contribution is -0.137. The molecule has 1 aliphatic heterocycles. The summed E-state index contributed by atoms with van der Waals surface area (Å²) in [7, 11) is 0. The van der Waals surface area contributed by atoms with Gasteiger partial charge in [0.1, 0.15) is 17.2 Å². The summed E-state index contributed by atoms with van der Waals surface area (Å²) in [5, 5.41) is 5.98. The molecule has 3 heterocycles. The Kier molecular flexibility index (Phi) is 5.26. The van der Waals surface area contributed by atoms with E-state index in [-0.39, 0.29) is 28.4 Å². The average Bonchev–Trinajstić information content (AvgIpc) is 2.73. The third-order valence-corrected chi connectivity index (χ3v) is 5.39. The number of nitrogens with zero attached hydrogens (tertiary/aromatic N) is 4. The molecule has 0 atom stereocenters. The fourth-order valence-electron chi connectivity index (χ4n) is 3.56. The summed E-state index contributed by atoms with van der Waals surface area (Å²) < 4.78 is 53.9. The number of H-pyrrole nitrogens is 1. The highest BCUT2D eigenvalue weighted by Crippen LogP contribution is 2.38. The first kappa shape index (κ1) is 21.0. The standard InChI is InChI=1S/C20H14ClF4N5O/c1-10(12-3-2-11(22)6-14(12)20(23,24)25)18-13-4-5-30(8-15(13)26-9-27-18)16-7-28-29-19(31)17(16)21/h2-3,6-7,9H,1,4-5,8H2,(H,29,31). The van der Waals surface area contributed by atoms with Gasteiger partial charge in [-0.1, -0.05) is 24.2 Å². The van der Waals surface area contributed by atoms with Crippen LogP contribution in [0.2, 0.25) is 5.02 Å². The molecule has 1 N–H and O–H groups in total. The Morgan fingerprint density at radius 1 is 1.26 bits per heavy atom. The van der Waals surface area contributed by atoms with Crippen LogP contribution in [0.25, 0.3) is 5.57 Å². The first-order valence-corrected chi connectivity index (χ1v) is 9.42. The van der Waals surface area contributed by atoms with E-state index in [1.54, 1.807) is 4.90 Å². The molecule has 11 heteroatoms. The van der Waals surface area contributed by atoms with Crippen LogP contribution in [-0.4, -0.2) is 26.7 Å². The number of rotatable bonds is 3. The maximum atomic E-state index is 13.5. The minimum absolute atomic E-state index is 0.0155. The minimum Gasteiger partial charge on any atom is -0.363 e. The predicted octanol–water partition coefficient (Wildman–Crippen LogP) is 4.00. The van der Waals surface area contributed by atoms with Crippen molar-refractivity contribution >= 4 is 22.9 Å². The molecule has 0 bridgehead atoms. The zero-order valence-electron chi connectivity index (χ0n) is 15.8. The number of aromatic nitrogens is 4. The molecule has 2 aromatic heterocycles. The minimum atomic E-state index is -4.76. The number of anilines is 1. The van der Waals surface area contributed by atoms with Gasteiger partial charge in [0.15, 0.2) is 0 Å². The normalized spacial score (nSPS) is 13.8. The molecule has 0 radical (unpaired) electrons. The Morgan fingerprint density at radius 3 is 2.77 bits per heavy atom. The van der Waals surface area contributed by atoms with Crippen LogP contribution in [0.4, 0.5) is 23.2 Å². The number of halogens is 5. The van der Waals surface area contributed by atoms with Crippen LogP contribution >= 0.6 is 11.6 Å². The van der Waals surface area contributed by atoms with E-state index in [1.807, 2.05) is 0 Å². The molecular weight excluding hydrogens is 438 g/mol. The molecular formula is C20H14ClF4N5O. The molecule has 0 amide bonds. The number of alkyl halides is 3. The quantitative estimate of drug-likeness (QED) is 0.609. The summed E-state index contributed by atoms with van der Waals surface area (Å²) in [6.45, 7) is 4.46. The van der Waals surface area contributed by atoms with Gasteiger partial charge in [0.05, 0.1) is 35.4 Å². The highest BCUT2D eigenvalue weighted by molar-refractivity contribution is 6.33. The lowest BCUT2D eigenvalue weighted by atomic mass is 9.92. The van der Waals surface area contributed by atoms with Crippen molar-refractivity contribution in [2.45, 2.75) is 19.1 Å². The van der Waals surface area contributed by atoms with Crippen molar-refractivity contribution in [2.24, 2.45) is 0 Å². The number of aromatic amines is 1. The number of hydrogen-bond acceptors (Lipinski definition) is 5. The van der Waals surface area contributed by atoms with Crippen LogP contribution in [0, 0.1) is 5.82 Å². The van der Waals surface area contributed by atoms with Gasteiger partial charge in [0, 0.05) is 17.7 Å². The highest BCUT2D eigenvalue weighted by atomic mass is 35.5. The summed E-state index contributed by atoms with van der Waals surface area (Å²) >= 11 is 6.08. The number of fused-ring (bicyclic) bond motifs is 1. The van der Waals surface area contributed by atoms with Crippen LogP contribution in [-0.2, 0) is 19.1 Å². The van der Waals surface area contributed by atoms with Gasteiger partial charge in [-0.25, -0.2) is 19.5 Å². The first-order chi connectivity index (χ1) is 14.7. The summed E-state index contributed by atoms with van der Waals surface area (Å²) in [6, 6.07) is 2.44. The Bertz CT molecular complexity index is 1240. The van der Waals surface area contributed by atoms with Crippen molar-refractivity contribution in [3.8, 4) is 0 Å². The van der Waals surface area contributed by atoms with Gasteiger partial charge < -0.3 is 4.90 Å². The second-order valence-corrected chi connectivity index (χ2v) is 7.26. The zero-order valence-corrected chi connectivity index (χ0v) is 16.6. The van der Waals surface area contributed by atoms with E-state index in [0.717, 1.165) is 12.1 Å². The molecule has 0 aliphatic carbocycles. The van der Waals surface area contributed by atoms with E-state index >= 15 is 0 Å². The van der Waals surface area contributed by atoms with E-state index in [9.17, 15) is 22.4 Å². The van der Waals surface area contributed by atoms with Gasteiger partial charge in [-0.05, 0) is 24.1 Å². The molecule has 0 spiro atoms. The molecule has 6 nitrogen and oxygen atoms in total. The number of nitrogens with one attached hydrogen (secondary N) is 1. The van der Waals surface area contributed by atoms with E-state index in [4.69, 9.17) is 11.6 Å². The average molecular weight is 452 g/mol. The van der Waals surface area contributed by atoms with E-state index in [1.165, 1.54) is 12.5 Å². The molecule has 31 heavy (non-hydrogen) atoms. The van der Waals surface area contributed by atoms with Gasteiger partial charge >= 0.3 is 6.18 Å². The second-order valence-electron chi connectivity index (χ2n) is 6.88. The van der Waals surface area contributed by atoms with E-state index in [0.29, 0.717) is 36.0 Å². The van der Waals surface area contributed by atoms with Crippen LogP contribution in [0.5, 0.6) is 0 Å². The van der Waals surface area contributed by atoms with Gasteiger partial charge in [0.2, 0.25) is 0 Å². The molecule has 1 aromatic carbocycles. The third kappa shape index (κ3) is 3.90. The molecule has 1 aliphatic rings. The summed E-state index contributed by atoms with van der Waals surface area (Å²) in [4.78, 5) is 21.9. The Hall–Kier alpha value is -3.27. The Morgan fingerprint density at radius 2 is 2.03 bits per heavy atom. The number of benzene rings is 1. The third-order valence-electron chi connectivity index (χ3n) is 5.02. The van der Waals surface area contributed by atoms with Crippen molar-refractivity contribution in [2.75, 3.05) is 11.4 Å². The number of hydrogen-bond donors (Lipinski definition) is 1. The fourth-order valence-corrected chi connectivity index (χ4v) is 3.77. The molecule has 0 saturated heterocycles. The zero-order chi connectivity index (χ0) is 22.3. The summed E-state index contributed by atoms with van der Waals surface area (Å²) in [6.07, 6.45) is -1.73. The van der Waals surface area contributed by atoms with Gasteiger partial charge in [0.25, 0.3) is 5.56 Å². The molecule has 0 unspecified atom stereocenters. The summed E-state index contributed by atoms with van der Waals surface area (Å²) in [5.41, 5.74) is 0.0000898. The maximum Gasteiger partial charge on any atom is 0.417 e. The highest BCUT2D eigenvalue weighted by Gasteiger charge is 2.35. The molecule has 160 valence electrons. The van der Waals surface area contributed by atoms with Crippen molar-refractivity contribution in [3.63, 3.8) is 0 Å². The SMILES string of the molecule is C=C(c1ccc(F)cc1C(F)(F)F)c1ncnc2c1CCN(c1cn[nH]c(=O)c1Cl)C2. The summed E-state index contributed by atoms with van der Waals surface area (Å²) in [5.74, 6) is -0.993. The van der Waals surface area contributed by atoms with Crippen molar-refractivity contribution in [1.29, 1.82) is 0 Å². The van der Waals surface area contributed by atoms with E-state index < -0.39 is 23.1 Å². The monoisotopic (exact) mass is 451 g/mol. The first-order valence-electron chi connectivity index (χ1n) is 9.04. The van der Waals surface area contributed by atoms with Gasteiger partial charge in [-0.2, -0.15) is 18.3 Å². The van der Waals surface area contributed by atoms with Crippen LogP contribution in [0.3, 0.4) is 0 Å². The maximum absolute atomic E-state index is 13.5. The second kappa shape index (κ2) is 7.77. The molecule has 3 aromatic rings. The Balaban J connectivity index is 1.73. The topological polar surface area (TPSA) is 74.8 Å². The smallest absolute Gasteiger partial charge is 0.363 e. The van der Waals surface area contributed by atoms with Crippen LogP contribution in [0.15, 0.2) is 42.1 Å². The molecule has 0 saturated carbocycles. The molecule has 0 fully saturated rings. The van der Waals surface area contributed by atoms with Crippen LogP contribution in [0.1, 0.15) is 28.1 Å². The van der Waals surface area contributed by atoms with Gasteiger partial charge in [-0.15, -0.1) is 0 Å². The lowest BCUT2D eigenvalue weighted by Gasteiger charge is -2.31. The van der Waals surface area contributed by atoms with Gasteiger partial charge in [-0.3, -0.25) is 4.79 Å². The van der Waals surface area contributed by atoms with E-state index in [2.05, 4.69) is 26.7 Å². The van der Waals surface area contributed by atoms with Crippen molar-refractivity contribution < 1.29 is 17.6 Å². The van der Waals surface area contributed by atoms with Crippen molar-refractivity contribution in [1.82, 2.24) is 20.2 Å². The largest absolute Gasteiger partial charge is 0.417 e. The lowest BCUT2D eigenvalue weighted by Crippen LogP contribution is -2.33.